The highest BCUT2D eigenvalue weighted by atomic mass is 16.1. The maximum Gasteiger partial charge on any atom is 0.135 e. The summed E-state index contributed by atoms with van der Waals surface area (Å²) in [6, 6.07) is 0. The highest BCUT2D eigenvalue weighted by molar-refractivity contribution is 5.82. The van der Waals surface area contributed by atoms with Gasteiger partial charge in [0, 0.05) is 12.3 Å². The molecule has 1 aliphatic carbocycles. The summed E-state index contributed by atoms with van der Waals surface area (Å²) in [5.74, 6) is 1.44. The summed E-state index contributed by atoms with van der Waals surface area (Å²) in [6.07, 6.45) is 1.93. The zero-order chi connectivity index (χ0) is 6.15. The Morgan fingerprint density at radius 1 is 1.50 bits per heavy atom. The van der Waals surface area contributed by atoms with Gasteiger partial charge in [-0.1, -0.05) is 13.8 Å². The lowest BCUT2D eigenvalue weighted by molar-refractivity contribution is -0.120. The quantitative estimate of drug-likeness (QED) is 0.465. The second kappa shape index (κ2) is 1.88. The number of hydrogen-bond donors (Lipinski definition) is 0. The maximum absolute atomic E-state index is 10.8. The van der Waals surface area contributed by atoms with Crippen molar-refractivity contribution in [1.29, 1.82) is 0 Å². The largest absolute Gasteiger partial charge is 0.299 e. The summed E-state index contributed by atoms with van der Waals surface area (Å²) in [6.45, 7) is 4.18. The van der Waals surface area contributed by atoms with E-state index in [0.717, 1.165) is 12.8 Å². The first kappa shape index (κ1) is 5.80. The van der Waals surface area contributed by atoms with E-state index >= 15 is 0 Å². The molecule has 0 saturated heterocycles. The average Bonchev–Trinajstić information content (AvgIpc) is 1.98. The third kappa shape index (κ3) is 0.770. The van der Waals surface area contributed by atoms with Gasteiger partial charge in [0.15, 0.2) is 0 Å². The molecule has 1 rings (SSSR count). The van der Waals surface area contributed by atoms with Gasteiger partial charge in [0.1, 0.15) is 5.78 Å². The third-order valence-electron chi connectivity index (χ3n) is 2.21. The van der Waals surface area contributed by atoms with Crippen molar-refractivity contribution in [3.05, 3.63) is 0 Å². The molecule has 2 atom stereocenters. The summed E-state index contributed by atoms with van der Waals surface area (Å²) < 4.78 is 0. The number of carbonyl (C=O) groups is 1. The molecule has 0 spiro atoms. The Morgan fingerprint density at radius 2 is 2.12 bits per heavy atom. The highest BCUT2D eigenvalue weighted by Crippen LogP contribution is 2.26. The molecule has 0 aliphatic heterocycles. The SMILES string of the molecule is CC1CCC(=O)[C@@H]1C. The van der Waals surface area contributed by atoms with E-state index in [1.165, 1.54) is 0 Å². The Kier molecular flexibility index (Phi) is 1.37. The third-order valence-corrected chi connectivity index (χ3v) is 2.21. The van der Waals surface area contributed by atoms with Crippen molar-refractivity contribution in [1.82, 2.24) is 0 Å². The van der Waals surface area contributed by atoms with Gasteiger partial charge in [-0.05, 0) is 12.3 Å². The summed E-state index contributed by atoms with van der Waals surface area (Å²) in [5, 5.41) is 0. The van der Waals surface area contributed by atoms with Crippen molar-refractivity contribution in [3.8, 4) is 0 Å². The minimum Gasteiger partial charge on any atom is -0.299 e. The number of carbonyl (C=O) groups excluding carboxylic acids is 1. The summed E-state index contributed by atoms with van der Waals surface area (Å²) in [4.78, 5) is 10.8. The molecule has 0 aromatic carbocycles. The van der Waals surface area contributed by atoms with Gasteiger partial charge in [-0.25, -0.2) is 0 Å². The molecule has 0 amide bonds. The Balaban J connectivity index is 2.56. The Bertz CT molecular complexity index is 107. The molecule has 0 aromatic heterocycles. The van der Waals surface area contributed by atoms with Crippen LogP contribution in [0.15, 0.2) is 0 Å². The second-order valence-electron chi connectivity index (χ2n) is 2.77. The lowest BCUT2D eigenvalue weighted by Crippen LogP contribution is -2.06. The van der Waals surface area contributed by atoms with Gasteiger partial charge in [0.2, 0.25) is 0 Å². The van der Waals surface area contributed by atoms with Gasteiger partial charge in [0.05, 0.1) is 0 Å². The Hall–Kier alpha value is -0.330. The zero-order valence-corrected chi connectivity index (χ0v) is 5.48. The van der Waals surface area contributed by atoms with E-state index in [9.17, 15) is 4.79 Å². The molecular weight excluding hydrogens is 100 g/mol. The van der Waals surface area contributed by atoms with Crippen LogP contribution in [-0.2, 0) is 4.79 Å². The molecule has 1 unspecified atom stereocenters. The Labute approximate surface area is 50.1 Å². The smallest absolute Gasteiger partial charge is 0.135 e. The van der Waals surface area contributed by atoms with Gasteiger partial charge < -0.3 is 0 Å². The first-order chi connectivity index (χ1) is 3.72. The van der Waals surface area contributed by atoms with Gasteiger partial charge in [-0.15, -0.1) is 0 Å². The molecule has 0 heterocycles. The molecule has 1 saturated carbocycles. The minimum atomic E-state index is 0.343. The van der Waals surface area contributed by atoms with Gasteiger partial charge >= 0.3 is 0 Å². The zero-order valence-electron chi connectivity index (χ0n) is 5.48. The van der Waals surface area contributed by atoms with Crippen LogP contribution < -0.4 is 0 Å². The van der Waals surface area contributed by atoms with Gasteiger partial charge in [-0.3, -0.25) is 4.79 Å². The first-order valence-electron chi connectivity index (χ1n) is 3.24. The van der Waals surface area contributed by atoms with Crippen molar-refractivity contribution < 1.29 is 4.79 Å². The normalized spacial score (nSPS) is 38.5. The van der Waals surface area contributed by atoms with Crippen LogP contribution in [0.3, 0.4) is 0 Å². The van der Waals surface area contributed by atoms with Gasteiger partial charge in [-0.2, -0.15) is 0 Å². The molecule has 0 bridgehead atoms. The van der Waals surface area contributed by atoms with E-state index in [-0.39, 0.29) is 0 Å². The molecule has 0 aromatic rings. The van der Waals surface area contributed by atoms with Crippen LogP contribution >= 0.6 is 0 Å². The monoisotopic (exact) mass is 112 g/mol. The lowest BCUT2D eigenvalue weighted by atomic mass is 10.0. The lowest BCUT2D eigenvalue weighted by Gasteiger charge is -2.03. The predicted molar refractivity (Wildman–Crippen MR) is 32.6 cm³/mol. The van der Waals surface area contributed by atoms with Crippen LogP contribution in [0.5, 0.6) is 0 Å². The highest BCUT2D eigenvalue weighted by Gasteiger charge is 2.26. The molecule has 1 aliphatic rings. The molecule has 8 heavy (non-hydrogen) atoms. The molecule has 0 N–H and O–H groups in total. The fraction of sp³-hybridized carbons (Fsp3) is 0.857. The molecule has 1 heteroatoms. The Morgan fingerprint density at radius 3 is 2.25 bits per heavy atom. The van der Waals surface area contributed by atoms with Gasteiger partial charge in [0.25, 0.3) is 0 Å². The molecule has 0 radical (unpaired) electrons. The van der Waals surface area contributed by atoms with Crippen LogP contribution in [0.2, 0.25) is 0 Å². The van der Waals surface area contributed by atoms with E-state index in [4.69, 9.17) is 0 Å². The van der Waals surface area contributed by atoms with Crippen molar-refractivity contribution in [2.24, 2.45) is 11.8 Å². The average molecular weight is 112 g/mol. The van der Waals surface area contributed by atoms with Crippen LogP contribution in [0.1, 0.15) is 26.7 Å². The topological polar surface area (TPSA) is 17.1 Å². The minimum absolute atomic E-state index is 0.343. The second-order valence-corrected chi connectivity index (χ2v) is 2.77. The number of hydrogen-bond acceptors (Lipinski definition) is 1. The molecular formula is C7H12O. The van der Waals surface area contributed by atoms with Crippen molar-refractivity contribution in [3.63, 3.8) is 0 Å². The first-order valence-corrected chi connectivity index (χ1v) is 3.24. The standard InChI is InChI=1S/C7H12O/c1-5-3-4-7(8)6(5)2/h5-6H,3-4H2,1-2H3/t5?,6-/m1/s1. The van der Waals surface area contributed by atoms with Crippen molar-refractivity contribution in [2.45, 2.75) is 26.7 Å². The van der Waals surface area contributed by atoms with Crippen LogP contribution in [0, 0.1) is 11.8 Å². The fourth-order valence-electron chi connectivity index (χ4n) is 1.16. The molecule has 46 valence electrons. The fourth-order valence-corrected chi connectivity index (χ4v) is 1.16. The van der Waals surface area contributed by atoms with Crippen LogP contribution in [-0.4, -0.2) is 5.78 Å². The maximum atomic E-state index is 10.8. The van der Waals surface area contributed by atoms with Crippen LogP contribution in [0.4, 0.5) is 0 Å². The number of rotatable bonds is 0. The summed E-state index contributed by atoms with van der Waals surface area (Å²) >= 11 is 0. The molecule has 1 fully saturated rings. The summed E-state index contributed by atoms with van der Waals surface area (Å²) in [5.41, 5.74) is 0. The van der Waals surface area contributed by atoms with E-state index in [2.05, 4.69) is 6.92 Å². The van der Waals surface area contributed by atoms with Crippen LogP contribution in [0.25, 0.3) is 0 Å². The number of ketones is 1. The van der Waals surface area contributed by atoms with Crippen molar-refractivity contribution in [2.75, 3.05) is 0 Å². The van der Waals surface area contributed by atoms with Crippen molar-refractivity contribution >= 4 is 5.78 Å². The van der Waals surface area contributed by atoms with E-state index in [1.54, 1.807) is 0 Å². The van der Waals surface area contributed by atoms with E-state index in [1.807, 2.05) is 6.92 Å². The predicted octanol–water partition coefficient (Wildman–Crippen LogP) is 1.62. The summed E-state index contributed by atoms with van der Waals surface area (Å²) in [7, 11) is 0. The molecule has 1 nitrogen and oxygen atoms in total. The number of Topliss-reactive ketones (excluding diaryl/α,β-unsaturated/α-hetero) is 1. The van der Waals surface area contributed by atoms with E-state index < -0.39 is 0 Å². The van der Waals surface area contributed by atoms with E-state index in [0.29, 0.717) is 17.6 Å².